The summed E-state index contributed by atoms with van der Waals surface area (Å²) in [5.41, 5.74) is 5.21. The van der Waals surface area contributed by atoms with Gasteiger partial charge in [0.1, 0.15) is 6.10 Å². The maximum atomic E-state index is 11.1. The first-order valence-corrected chi connectivity index (χ1v) is 4.60. The van der Waals surface area contributed by atoms with Crippen LogP contribution >= 0.6 is 0 Å². The first-order valence-electron chi connectivity index (χ1n) is 4.60. The van der Waals surface area contributed by atoms with E-state index in [4.69, 9.17) is 19.9 Å². The van der Waals surface area contributed by atoms with Crippen LogP contribution in [0.2, 0.25) is 0 Å². The summed E-state index contributed by atoms with van der Waals surface area (Å²) in [5.74, 6) is -0.509. The van der Waals surface area contributed by atoms with Crippen LogP contribution in [0.15, 0.2) is 0 Å². The molecular formula is C9H17NO4. The predicted octanol–water partition coefficient (Wildman–Crippen LogP) is -0.321. The number of carbonyl (C=O) groups is 1. The van der Waals surface area contributed by atoms with Gasteiger partial charge in [0.05, 0.1) is 12.2 Å². The number of methoxy groups -OCH3 is 2. The van der Waals surface area contributed by atoms with E-state index in [1.165, 1.54) is 7.11 Å². The van der Waals surface area contributed by atoms with Crippen molar-refractivity contribution in [2.45, 2.75) is 37.8 Å². The van der Waals surface area contributed by atoms with Gasteiger partial charge in [0.15, 0.2) is 6.10 Å². The van der Waals surface area contributed by atoms with Gasteiger partial charge in [-0.2, -0.15) is 0 Å². The lowest BCUT2D eigenvalue weighted by Gasteiger charge is -2.37. The number of hydrogen-bond acceptors (Lipinski definition) is 4. The van der Waals surface area contributed by atoms with Crippen molar-refractivity contribution in [1.29, 1.82) is 0 Å². The molecule has 1 heterocycles. The topological polar surface area (TPSA) is 70.8 Å². The van der Waals surface area contributed by atoms with E-state index < -0.39 is 18.1 Å². The lowest BCUT2D eigenvalue weighted by molar-refractivity contribution is -0.187. The number of ether oxygens (including phenoxy) is 3. The third-order valence-corrected chi connectivity index (χ3v) is 2.46. The minimum absolute atomic E-state index is 0.0381. The Kier molecular flexibility index (Phi) is 3.86. The lowest BCUT2D eigenvalue weighted by atomic mass is 9.98. The fourth-order valence-electron chi connectivity index (χ4n) is 1.77. The van der Waals surface area contributed by atoms with E-state index in [0.717, 1.165) is 0 Å². The van der Waals surface area contributed by atoms with Gasteiger partial charge in [-0.15, -0.1) is 0 Å². The van der Waals surface area contributed by atoms with E-state index in [0.29, 0.717) is 6.42 Å². The molecule has 0 saturated carbocycles. The number of hydrogen-bond donors (Lipinski definition) is 1. The summed E-state index contributed by atoms with van der Waals surface area (Å²) >= 11 is 0. The van der Waals surface area contributed by atoms with Gasteiger partial charge in [0, 0.05) is 20.6 Å². The van der Waals surface area contributed by atoms with Crippen LogP contribution in [0.4, 0.5) is 0 Å². The second-order valence-corrected chi connectivity index (χ2v) is 3.48. The quantitative estimate of drug-likeness (QED) is 0.682. The van der Waals surface area contributed by atoms with E-state index in [1.807, 2.05) is 6.92 Å². The van der Waals surface area contributed by atoms with Gasteiger partial charge in [-0.05, 0) is 6.92 Å². The molecule has 2 N–H and O–H groups in total. The van der Waals surface area contributed by atoms with E-state index in [-0.39, 0.29) is 12.2 Å². The summed E-state index contributed by atoms with van der Waals surface area (Å²) in [6, 6.07) is 0. The fourth-order valence-corrected chi connectivity index (χ4v) is 1.77. The number of rotatable bonds is 3. The van der Waals surface area contributed by atoms with E-state index in [2.05, 4.69) is 0 Å². The Balaban J connectivity index is 2.75. The molecular weight excluding hydrogens is 186 g/mol. The lowest BCUT2D eigenvalue weighted by Crippen LogP contribution is -2.54. The molecule has 0 aliphatic carbocycles. The SMILES string of the molecule is COC1CC(C)OC(C(N)=O)C1OC. The average molecular weight is 203 g/mol. The van der Waals surface area contributed by atoms with Crippen molar-refractivity contribution < 1.29 is 19.0 Å². The maximum absolute atomic E-state index is 11.1. The Bertz CT molecular complexity index is 209. The minimum atomic E-state index is -0.714. The van der Waals surface area contributed by atoms with Gasteiger partial charge in [-0.1, -0.05) is 0 Å². The normalized spacial score (nSPS) is 38.2. The largest absolute Gasteiger partial charge is 0.379 e. The summed E-state index contributed by atoms with van der Waals surface area (Å²) in [7, 11) is 3.11. The maximum Gasteiger partial charge on any atom is 0.249 e. The highest BCUT2D eigenvalue weighted by atomic mass is 16.6. The molecule has 4 atom stereocenters. The van der Waals surface area contributed by atoms with Crippen LogP contribution in [-0.4, -0.2) is 44.5 Å². The van der Waals surface area contributed by atoms with Crippen LogP contribution in [0.5, 0.6) is 0 Å². The molecule has 1 saturated heterocycles. The highest BCUT2D eigenvalue weighted by Crippen LogP contribution is 2.23. The molecule has 5 heteroatoms. The minimum Gasteiger partial charge on any atom is -0.379 e. The molecule has 1 amide bonds. The van der Waals surface area contributed by atoms with Crippen LogP contribution in [0.1, 0.15) is 13.3 Å². The van der Waals surface area contributed by atoms with Crippen LogP contribution in [-0.2, 0) is 19.0 Å². The molecule has 0 aromatic carbocycles. The Morgan fingerprint density at radius 3 is 2.50 bits per heavy atom. The molecule has 1 fully saturated rings. The van der Waals surface area contributed by atoms with Crippen molar-refractivity contribution in [3.05, 3.63) is 0 Å². The fraction of sp³-hybridized carbons (Fsp3) is 0.889. The van der Waals surface area contributed by atoms with Crippen molar-refractivity contribution in [2.75, 3.05) is 14.2 Å². The molecule has 0 aromatic rings. The van der Waals surface area contributed by atoms with Gasteiger partial charge in [0.2, 0.25) is 5.91 Å². The molecule has 1 rings (SSSR count). The number of nitrogens with two attached hydrogens (primary N) is 1. The smallest absolute Gasteiger partial charge is 0.249 e. The average Bonchev–Trinajstić information content (AvgIpc) is 2.16. The third-order valence-electron chi connectivity index (χ3n) is 2.46. The van der Waals surface area contributed by atoms with Crippen molar-refractivity contribution in [2.24, 2.45) is 5.73 Å². The number of amides is 1. The van der Waals surface area contributed by atoms with Crippen LogP contribution < -0.4 is 5.73 Å². The summed E-state index contributed by atoms with van der Waals surface area (Å²) < 4.78 is 15.8. The monoisotopic (exact) mass is 203 g/mol. The molecule has 14 heavy (non-hydrogen) atoms. The highest BCUT2D eigenvalue weighted by Gasteiger charge is 2.40. The van der Waals surface area contributed by atoms with Gasteiger partial charge >= 0.3 is 0 Å². The summed E-state index contributed by atoms with van der Waals surface area (Å²) in [6.07, 6.45) is -0.591. The van der Waals surface area contributed by atoms with Gasteiger partial charge in [-0.3, -0.25) is 4.79 Å². The van der Waals surface area contributed by atoms with E-state index in [1.54, 1.807) is 7.11 Å². The summed E-state index contributed by atoms with van der Waals surface area (Å²) in [6.45, 7) is 1.88. The third kappa shape index (κ3) is 2.23. The van der Waals surface area contributed by atoms with Crippen LogP contribution in [0.3, 0.4) is 0 Å². The zero-order chi connectivity index (χ0) is 10.7. The Morgan fingerprint density at radius 2 is 2.07 bits per heavy atom. The molecule has 0 spiro atoms. The molecule has 0 radical (unpaired) electrons. The van der Waals surface area contributed by atoms with Crippen molar-refractivity contribution in [3.63, 3.8) is 0 Å². The zero-order valence-electron chi connectivity index (χ0n) is 8.73. The molecule has 0 aromatic heterocycles. The molecule has 82 valence electrons. The molecule has 0 bridgehead atoms. The standard InChI is InChI=1S/C9H17NO4/c1-5-4-6(12-2)7(13-3)8(14-5)9(10)11/h5-8H,4H2,1-3H3,(H2,10,11). The van der Waals surface area contributed by atoms with Crippen molar-refractivity contribution in [1.82, 2.24) is 0 Å². The molecule has 1 aliphatic rings. The Morgan fingerprint density at radius 1 is 1.43 bits per heavy atom. The second kappa shape index (κ2) is 4.72. The number of primary amides is 1. The number of carbonyl (C=O) groups excluding carboxylic acids is 1. The first kappa shape index (κ1) is 11.4. The molecule has 5 nitrogen and oxygen atoms in total. The van der Waals surface area contributed by atoms with E-state index >= 15 is 0 Å². The van der Waals surface area contributed by atoms with Crippen LogP contribution in [0, 0.1) is 0 Å². The van der Waals surface area contributed by atoms with Crippen molar-refractivity contribution >= 4 is 5.91 Å². The summed E-state index contributed by atoms with van der Waals surface area (Å²) in [4.78, 5) is 11.1. The Labute approximate surface area is 83.5 Å². The summed E-state index contributed by atoms with van der Waals surface area (Å²) in [5, 5.41) is 0. The molecule has 1 aliphatic heterocycles. The first-order chi connectivity index (χ1) is 6.60. The van der Waals surface area contributed by atoms with Crippen LogP contribution in [0.25, 0.3) is 0 Å². The Hall–Kier alpha value is -0.650. The second-order valence-electron chi connectivity index (χ2n) is 3.48. The zero-order valence-corrected chi connectivity index (χ0v) is 8.73. The molecule has 4 unspecified atom stereocenters. The van der Waals surface area contributed by atoms with E-state index in [9.17, 15) is 4.79 Å². The van der Waals surface area contributed by atoms with Crippen molar-refractivity contribution in [3.8, 4) is 0 Å². The van der Waals surface area contributed by atoms with Gasteiger partial charge in [-0.25, -0.2) is 0 Å². The predicted molar refractivity (Wildman–Crippen MR) is 49.7 cm³/mol. The van der Waals surface area contributed by atoms with Gasteiger partial charge < -0.3 is 19.9 Å². The van der Waals surface area contributed by atoms with Gasteiger partial charge in [0.25, 0.3) is 0 Å². The highest BCUT2D eigenvalue weighted by molar-refractivity contribution is 5.79.